The van der Waals surface area contributed by atoms with Crippen molar-refractivity contribution in [2.75, 3.05) is 0 Å². The highest BCUT2D eigenvalue weighted by molar-refractivity contribution is 5.94. The number of aliphatic hydroxyl groups is 1. The Bertz CT molecular complexity index is 606. The fraction of sp³-hybridized carbons (Fsp3) is 0.800. The number of carboxylic acids is 1. The van der Waals surface area contributed by atoms with E-state index in [-0.39, 0.29) is 24.2 Å². The Morgan fingerprint density at radius 1 is 0.767 bits per heavy atom. The van der Waals surface area contributed by atoms with E-state index in [1.807, 2.05) is 13.8 Å². The number of nitrogens with two attached hydrogens (primary N) is 1. The molecule has 0 radical (unpaired) electrons. The Labute approximate surface area is 178 Å². The molecule has 174 valence electrons. The fourth-order valence-electron chi connectivity index (χ4n) is 2.69. The van der Waals surface area contributed by atoms with Gasteiger partial charge < -0.3 is 31.9 Å². The number of amides is 3. The molecule has 0 fully saturated rings. The van der Waals surface area contributed by atoms with E-state index in [9.17, 15) is 29.4 Å². The summed E-state index contributed by atoms with van der Waals surface area (Å²) < 4.78 is 0. The van der Waals surface area contributed by atoms with Crippen molar-refractivity contribution in [1.82, 2.24) is 16.0 Å². The van der Waals surface area contributed by atoms with E-state index in [4.69, 9.17) is 5.73 Å². The third-order valence-electron chi connectivity index (χ3n) is 4.65. The van der Waals surface area contributed by atoms with Gasteiger partial charge in [-0.15, -0.1) is 0 Å². The SMILES string of the molecule is CC(C)CC(NC(=O)C(NC(=O)C(NC(=O)C(N)C(C)C)C(C)O)C(C)C)C(=O)O. The summed E-state index contributed by atoms with van der Waals surface area (Å²) in [5.74, 6) is -3.68. The van der Waals surface area contributed by atoms with Crippen molar-refractivity contribution in [3.8, 4) is 0 Å². The van der Waals surface area contributed by atoms with Gasteiger partial charge in [0.1, 0.15) is 18.1 Å². The van der Waals surface area contributed by atoms with E-state index in [0.29, 0.717) is 0 Å². The molecule has 7 N–H and O–H groups in total. The van der Waals surface area contributed by atoms with E-state index < -0.39 is 54.0 Å². The quantitative estimate of drug-likeness (QED) is 0.244. The van der Waals surface area contributed by atoms with Crippen LogP contribution in [0, 0.1) is 17.8 Å². The number of aliphatic carboxylic acids is 1. The smallest absolute Gasteiger partial charge is 0.326 e. The highest BCUT2D eigenvalue weighted by Gasteiger charge is 2.34. The van der Waals surface area contributed by atoms with E-state index >= 15 is 0 Å². The van der Waals surface area contributed by atoms with Gasteiger partial charge in [-0.2, -0.15) is 0 Å². The third-order valence-corrected chi connectivity index (χ3v) is 4.65. The molecule has 0 rings (SSSR count). The maximum absolute atomic E-state index is 12.7. The second kappa shape index (κ2) is 12.5. The molecule has 0 aromatic rings. The number of aliphatic hydroxyl groups excluding tert-OH is 1. The summed E-state index contributed by atoms with van der Waals surface area (Å²) in [7, 11) is 0. The van der Waals surface area contributed by atoms with Gasteiger partial charge in [-0.25, -0.2) is 4.79 Å². The lowest BCUT2D eigenvalue weighted by molar-refractivity contribution is -0.143. The van der Waals surface area contributed by atoms with Crippen LogP contribution >= 0.6 is 0 Å². The average Bonchev–Trinajstić information content (AvgIpc) is 2.60. The Morgan fingerprint density at radius 3 is 1.60 bits per heavy atom. The van der Waals surface area contributed by atoms with Crippen LogP contribution in [-0.2, 0) is 19.2 Å². The number of hydrogen-bond donors (Lipinski definition) is 6. The summed E-state index contributed by atoms with van der Waals surface area (Å²) in [5, 5.41) is 26.7. The minimum Gasteiger partial charge on any atom is -0.480 e. The molecule has 30 heavy (non-hydrogen) atoms. The number of nitrogens with one attached hydrogen (secondary N) is 3. The zero-order chi connectivity index (χ0) is 23.8. The average molecular weight is 431 g/mol. The van der Waals surface area contributed by atoms with E-state index in [0.717, 1.165) is 0 Å². The topological polar surface area (TPSA) is 171 Å². The van der Waals surface area contributed by atoms with Crippen LogP contribution in [0.3, 0.4) is 0 Å². The Morgan fingerprint density at radius 2 is 1.23 bits per heavy atom. The van der Waals surface area contributed by atoms with Gasteiger partial charge in [-0.1, -0.05) is 41.5 Å². The molecule has 3 amide bonds. The first-order valence-corrected chi connectivity index (χ1v) is 10.3. The number of carbonyl (C=O) groups excluding carboxylic acids is 3. The maximum atomic E-state index is 12.7. The highest BCUT2D eigenvalue weighted by atomic mass is 16.4. The molecular formula is C20H38N4O6. The van der Waals surface area contributed by atoms with Gasteiger partial charge in [-0.3, -0.25) is 14.4 Å². The summed E-state index contributed by atoms with van der Waals surface area (Å²) in [5.41, 5.74) is 5.78. The molecule has 0 aromatic carbocycles. The first-order valence-electron chi connectivity index (χ1n) is 10.3. The van der Waals surface area contributed by atoms with Crippen molar-refractivity contribution in [3.05, 3.63) is 0 Å². The van der Waals surface area contributed by atoms with Crippen LogP contribution in [-0.4, -0.2) is 64.2 Å². The summed E-state index contributed by atoms with van der Waals surface area (Å²) in [6.45, 7) is 11.9. The van der Waals surface area contributed by atoms with Crippen LogP contribution in [0.2, 0.25) is 0 Å². The van der Waals surface area contributed by atoms with Gasteiger partial charge in [0, 0.05) is 0 Å². The third kappa shape index (κ3) is 9.08. The normalized spacial score (nSPS) is 16.5. The van der Waals surface area contributed by atoms with Gasteiger partial charge in [0.05, 0.1) is 12.1 Å². The molecule has 0 aliphatic rings. The molecule has 0 saturated carbocycles. The molecule has 0 aromatic heterocycles. The highest BCUT2D eigenvalue weighted by Crippen LogP contribution is 2.09. The molecule has 5 unspecified atom stereocenters. The first-order chi connectivity index (χ1) is 13.7. The largest absolute Gasteiger partial charge is 0.480 e. The summed E-state index contributed by atoms with van der Waals surface area (Å²) in [4.78, 5) is 49.0. The lowest BCUT2D eigenvalue weighted by Gasteiger charge is -2.28. The van der Waals surface area contributed by atoms with Gasteiger partial charge in [0.2, 0.25) is 17.7 Å². The Kier molecular flexibility index (Phi) is 11.6. The molecule has 0 bridgehead atoms. The van der Waals surface area contributed by atoms with E-state index in [1.54, 1.807) is 27.7 Å². The van der Waals surface area contributed by atoms with Crippen molar-refractivity contribution in [2.45, 2.75) is 85.2 Å². The summed E-state index contributed by atoms with van der Waals surface area (Å²) >= 11 is 0. The van der Waals surface area contributed by atoms with E-state index in [1.165, 1.54) is 6.92 Å². The molecule has 10 heteroatoms. The van der Waals surface area contributed by atoms with Crippen molar-refractivity contribution in [3.63, 3.8) is 0 Å². The minimum atomic E-state index is -1.32. The van der Waals surface area contributed by atoms with Crippen LogP contribution in [0.5, 0.6) is 0 Å². The standard InChI is InChI=1S/C20H38N4O6/c1-9(2)8-13(20(29)30)22-18(27)15(11(5)6)23-19(28)16(12(7)25)24-17(26)14(21)10(3)4/h9-16,25H,8,21H2,1-7H3,(H,22,27)(H,23,28)(H,24,26)(H,29,30). The first kappa shape index (κ1) is 27.8. The predicted octanol–water partition coefficient (Wildman–Crippen LogP) is -0.408. The minimum absolute atomic E-state index is 0.0403. The van der Waals surface area contributed by atoms with Crippen molar-refractivity contribution >= 4 is 23.7 Å². The molecular weight excluding hydrogens is 392 g/mol. The zero-order valence-electron chi connectivity index (χ0n) is 18.9. The molecule has 0 aliphatic heterocycles. The van der Waals surface area contributed by atoms with Crippen molar-refractivity contribution < 1.29 is 29.4 Å². The number of carbonyl (C=O) groups is 4. The van der Waals surface area contributed by atoms with Gasteiger partial charge in [0.15, 0.2) is 0 Å². The van der Waals surface area contributed by atoms with Crippen LogP contribution in [0.4, 0.5) is 0 Å². The number of hydrogen-bond acceptors (Lipinski definition) is 6. The molecule has 5 atom stereocenters. The molecule has 0 spiro atoms. The lowest BCUT2D eigenvalue weighted by Crippen LogP contribution is -2.61. The molecule has 0 aliphatic carbocycles. The molecule has 0 saturated heterocycles. The molecule has 10 nitrogen and oxygen atoms in total. The van der Waals surface area contributed by atoms with Gasteiger partial charge in [0.25, 0.3) is 0 Å². The second-order valence-corrected chi connectivity index (χ2v) is 8.76. The lowest BCUT2D eigenvalue weighted by atomic mass is 9.99. The van der Waals surface area contributed by atoms with Crippen molar-refractivity contribution in [1.29, 1.82) is 0 Å². The second-order valence-electron chi connectivity index (χ2n) is 8.76. The van der Waals surface area contributed by atoms with Crippen LogP contribution in [0.15, 0.2) is 0 Å². The Balaban J connectivity index is 5.37. The molecule has 0 heterocycles. The maximum Gasteiger partial charge on any atom is 0.326 e. The monoisotopic (exact) mass is 430 g/mol. The number of carboxylic acid groups (broad SMARTS) is 1. The fourth-order valence-corrected chi connectivity index (χ4v) is 2.69. The summed E-state index contributed by atoms with van der Waals surface area (Å²) in [6, 6.07) is -4.33. The van der Waals surface area contributed by atoms with E-state index in [2.05, 4.69) is 16.0 Å². The van der Waals surface area contributed by atoms with Crippen LogP contribution in [0.25, 0.3) is 0 Å². The predicted molar refractivity (Wildman–Crippen MR) is 112 cm³/mol. The zero-order valence-corrected chi connectivity index (χ0v) is 18.9. The van der Waals surface area contributed by atoms with Crippen molar-refractivity contribution in [2.24, 2.45) is 23.5 Å². The van der Waals surface area contributed by atoms with Gasteiger partial charge >= 0.3 is 5.97 Å². The Hall–Kier alpha value is -2.20. The number of rotatable bonds is 12. The summed E-state index contributed by atoms with van der Waals surface area (Å²) in [6.07, 6.45) is -1.00. The van der Waals surface area contributed by atoms with Crippen LogP contribution in [0.1, 0.15) is 54.9 Å². The van der Waals surface area contributed by atoms with Gasteiger partial charge in [-0.05, 0) is 31.1 Å². The van der Waals surface area contributed by atoms with Crippen LogP contribution < -0.4 is 21.7 Å².